The van der Waals surface area contributed by atoms with Gasteiger partial charge in [0, 0.05) is 17.8 Å². The van der Waals surface area contributed by atoms with E-state index in [2.05, 4.69) is 9.72 Å². The van der Waals surface area contributed by atoms with Gasteiger partial charge in [0.15, 0.2) is 11.6 Å². The summed E-state index contributed by atoms with van der Waals surface area (Å²) >= 11 is 1.44. The Morgan fingerprint density at radius 3 is 2.95 bits per heavy atom. The second kappa shape index (κ2) is 5.48. The van der Waals surface area contributed by atoms with Crippen molar-refractivity contribution in [3.05, 3.63) is 23.5 Å². The summed E-state index contributed by atoms with van der Waals surface area (Å²) in [5, 5.41) is 3.66. The van der Waals surface area contributed by atoms with Crippen molar-refractivity contribution in [2.45, 2.75) is 6.42 Å². The Morgan fingerprint density at radius 2 is 2.26 bits per heavy atom. The van der Waals surface area contributed by atoms with E-state index in [0.717, 1.165) is 4.96 Å². The predicted octanol–water partition coefficient (Wildman–Crippen LogP) is -0.324. The van der Waals surface area contributed by atoms with Crippen LogP contribution in [0.4, 0.5) is 4.79 Å². The third-order valence-corrected chi connectivity index (χ3v) is 2.87. The number of hydrogen-bond donors (Lipinski definition) is 2. The molecule has 0 spiro atoms. The first-order chi connectivity index (χ1) is 9.04. The highest BCUT2D eigenvalue weighted by Gasteiger charge is 2.12. The number of nitrogens with one attached hydrogen (secondary N) is 1. The Morgan fingerprint density at radius 1 is 1.47 bits per heavy atom. The molecule has 2 rings (SSSR count). The summed E-state index contributed by atoms with van der Waals surface area (Å²) < 4.78 is 6.46. The van der Waals surface area contributed by atoms with Gasteiger partial charge in [-0.2, -0.15) is 0 Å². The third-order valence-electron chi connectivity index (χ3n) is 2.10. The molecule has 3 amide bonds. The molecule has 2 aromatic rings. The molecule has 0 radical (unpaired) electrons. The lowest BCUT2D eigenvalue weighted by Crippen LogP contribution is -2.37. The van der Waals surface area contributed by atoms with E-state index in [1.54, 1.807) is 15.9 Å². The number of esters is 1. The number of amides is 3. The number of primary amides is 1. The number of imide groups is 1. The molecule has 3 N–H and O–H groups in total. The lowest BCUT2D eigenvalue weighted by atomic mass is 10.3. The van der Waals surface area contributed by atoms with Crippen LogP contribution in [0.5, 0.6) is 0 Å². The van der Waals surface area contributed by atoms with Crippen LogP contribution in [0.2, 0.25) is 0 Å². The molecule has 9 heteroatoms. The van der Waals surface area contributed by atoms with Gasteiger partial charge in [-0.05, 0) is 0 Å². The van der Waals surface area contributed by atoms with E-state index in [9.17, 15) is 14.4 Å². The van der Waals surface area contributed by atoms with Crippen LogP contribution in [-0.4, -0.2) is 33.9 Å². The van der Waals surface area contributed by atoms with Crippen LogP contribution in [0.1, 0.15) is 5.69 Å². The third kappa shape index (κ3) is 3.52. The van der Waals surface area contributed by atoms with Gasteiger partial charge in [0.05, 0.1) is 12.1 Å². The molecule has 0 unspecified atom stereocenters. The van der Waals surface area contributed by atoms with Crippen LogP contribution in [-0.2, 0) is 20.7 Å². The number of thiazole rings is 1. The maximum absolute atomic E-state index is 11.4. The predicted molar refractivity (Wildman–Crippen MR) is 65.5 cm³/mol. The molecule has 0 aliphatic carbocycles. The highest BCUT2D eigenvalue weighted by molar-refractivity contribution is 7.15. The van der Waals surface area contributed by atoms with Crippen LogP contribution in [0.3, 0.4) is 0 Å². The summed E-state index contributed by atoms with van der Waals surface area (Å²) in [4.78, 5) is 37.8. The van der Waals surface area contributed by atoms with Crippen LogP contribution in [0.25, 0.3) is 4.96 Å². The average molecular weight is 282 g/mol. The number of nitrogens with zero attached hydrogens (tertiary/aromatic N) is 2. The number of nitrogens with two attached hydrogens (primary N) is 1. The van der Waals surface area contributed by atoms with E-state index in [-0.39, 0.29) is 6.42 Å². The van der Waals surface area contributed by atoms with E-state index in [1.807, 2.05) is 11.6 Å². The van der Waals surface area contributed by atoms with Crippen LogP contribution >= 0.6 is 11.3 Å². The van der Waals surface area contributed by atoms with Gasteiger partial charge in [-0.3, -0.25) is 19.3 Å². The molecule has 0 saturated carbocycles. The molecule has 0 atom stereocenters. The van der Waals surface area contributed by atoms with Crippen molar-refractivity contribution >= 4 is 34.2 Å². The summed E-state index contributed by atoms with van der Waals surface area (Å²) in [6, 6.07) is -0.990. The van der Waals surface area contributed by atoms with Crippen molar-refractivity contribution < 1.29 is 19.1 Å². The number of hydrogen-bond acceptors (Lipinski definition) is 6. The van der Waals surface area contributed by atoms with Crippen LogP contribution < -0.4 is 11.1 Å². The number of carbonyl (C=O) groups excluding carboxylic acids is 3. The van der Waals surface area contributed by atoms with E-state index in [4.69, 9.17) is 5.73 Å². The fraction of sp³-hybridized carbons (Fsp3) is 0.200. The molecule has 0 aliphatic rings. The summed E-state index contributed by atoms with van der Waals surface area (Å²) in [6.45, 7) is -0.552. The summed E-state index contributed by atoms with van der Waals surface area (Å²) in [5.74, 6) is -1.38. The minimum atomic E-state index is -0.990. The number of urea groups is 1. The molecule has 2 aromatic heterocycles. The van der Waals surface area contributed by atoms with Gasteiger partial charge in [0.25, 0.3) is 5.91 Å². The number of imidazole rings is 1. The average Bonchev–Trinajstić information content (AvgIpc) is 2.85. The first-order valence-electron chi connectivity index (χ1n) is 5.20. The van der Waals surface area contributed by atoms with Crippen molar-refractivity contribution in [2.75, 3.05) is 6.61 Å². The molecule has 8 nitrogen and oxygen atoms in total. The second-order valence-corrected chi connectivity index (χ2v) is 4.45. The van der Waals surface area contributed by atoms with Gasteiger partial charge in [0.2, 0.25) is 0 Å². The summed E-state index contributed by atoms with van der Waals surface area (Å²) in [6.07, 6.45) is 3.48. The first-order valence-corrected chi connectivity index (χ1v) is 6.08. The SMILES string of the molecule is NC(=O)NC(=O)COC(=O)Cc1cn2ccsc2n1. The Bertz CT molecular complexity index is 604. The summed E-state index contributed by atoms with van der Waals surface area (Å²) in [5.41, 5.74) is 5.28. The molecule has 0 bridgehead atoms. The minimum Gasteiger partial charge on any atom is -0.455 e. The minimum absolute atomic E-state index is 0.0434. The zero-order chi connectivity index (χ0) is 13.8. The molecule has 0 aromatic carbocycles. The lowest BCUT2D eigenvalue weighted by molar-refractivity contribution is -0.147. The number of aromatic nitrogens is 2. The molecular weight excluding hydrogens is 272 g/mol. The van der Waals surface area contributed by atoms with Gasteiger partial charge >= 0.3 is 12.0 Å². The van der Waals surface area contributed by atoms with Gasteiger partial charge < -0.3 is 10.5 Å². The van der Waals surface area contributed by atoms with E-state index in [0.29, 0.717) is 5.69 Å². The number of ether oxygens (including phenoxy) is 1. The molecule has 0 saturated heterocycles. The normalized spacial score (nSPS) is 10.3. The maximum Gasteiger partial charge on any atom is 0.318 e. The maximum atomic E-state index is 11.4. The number of carbonyl (C=O) groups is 3. The fourth-order valence-corrected chi connectivity index (χ4v) is 2.10. The Hall–Kier alpha value is -2.42. The topological polar surface area (TPSA) is 116 Å². The van der Waals surface area contributed by atoms with Crippen molar-refractivity contribution in [3.63, 3.8) is 0 Å². The zero-order valence-electron chi connectivity index (χ0n) is 9.66. The Balaban J connectivity index is 1.82. The molecule has 0 fully saturated rings. The van der Waals surface area contributed by atoms with Crippen molar-refractivity contribution in [2.24, 2.45) is 5.73 Å². The number of rotatable bonds is 4. The van der Waals surface area contributed by atoms with Crippen molar-refractivity contribution in [3.8, 4) is 0 Å². The van der Waals surface area contributed by atoms with Crippen LogP contribution in [0.15, 0.2) is 17.8 Å². The van der Waals surface area contributed by atoms with E-state index >= 15 is 0 Å². The van der Waals surface area contributed by atoms with E-state index in [1.165, 1.54) is 11.3 Å². The molecule has 2 heterocycles. The molecule has 100 valence electrons. The second-order valence-electron chi connectivity index (χ2n) is 3.57. The van der Waals surface area contributed by atoms with Gasteiger partial charge in [-0.25, -0.2) is 9.78 Å². The van der Waals surface area contributed by atoms with Crippen molar-refractivity contribution in [1.82, 2.24) is 14.7 Å². The molecule has 19 heavy (non-hydrogen) atoms. The monoisotopic (exact) mass is 282 g/mol. The highest BCUT2D eigenvalue weighted by atomic mass is 32.1. The first kappa shape index (κ1) is 13.0. The Kier molecular flexibility index (Phi) is 3.76. The van der Waals surface area contributed by atoms with Gasteiger partial charge in [0.1, 0.15) is 0 Å². The smallest absolute Gasteiger partial charge is 0.318 e. The molecular formula is C10H10N4O4S. The zero-order valence-corrected chi connectivity index (χ0v) is 10.5. The summed E-state index contributed by atoms with van der Waals surface area (Å²) in [7, 11) is 0. The Labute approximate surface area is 111 Å². The molecule has 0 aliphatic heterocycles. The fourth-order valence-electron chi connectivity index (χ4n) is 1.38. The van der Waals surface area contributed by atoms with Gasteiger partial charge in [-0.15, -0.1) is 11.3 Å². The lowest BCUT2D eigenvalue weighted by Gasteiger charge is -2.02. The quantitative estimate of drug-likeness (QED) is 0.745. The van der Waals surface area contributed by atoms with E-state index < -0.39 is 24.5 Å². The largest absolute Gasteiger partial charge is 0.455 e. The highest BCUT2D eigenvalue weighted by Crippen LogP contribution is 2.11. The van der Waals surface area contributed by atoms with Gasteiger partial charge in [-0.1, -0.05) is 0 Å². The van der Waals surface area contributed by atoms with Crippen molar-refractivity contribution in [1.29, 1.82) is 0 Å². The van der Waals surface area contributed by atoms with Crippen LogP contribution in [0, 0.1) is 0 Å². The standard InChI is InChI=1S/C10H10N4O4S/c11-9(17)13-7(15)5-18-8(16)3-6-4-14-1-2-19-10(14)12-6/h1-2,4H,3,5H2,(H3,11,13,15,17). The number of fused-ring (bicyclic) bond motifs is 1.